The lowest BCUT2D eigenvalue weighted by Gasteiger charge is -2.35. The summed E-state index contributed by atoms with van der Waals surface area (Å²) in [5.41, 5.74) is 0.966. The number of ether oxygens (including phenoxy) is 1. The van der Waals surface area contributed by atoms with E-state index in [1.807, 2.05) is 24.3 Å². The molecule has 6 heteroatoms. The molecule has 3 rings (SSSR count). The van der Waals surface area contributed by atoms with Crippen molar-refractivity contribution in [3.8, 4) is 5.88 Å². The molecule has 0 radical (unpaired) electrons. The Labute approximate surface area is 140 Å². The topological polar surface area (TPSA) is 38.2 Å². The van der Waals surface area contributed by atoms with Crippen LogP contribution in [0, 0.1) is 0 Å². The molecule has 22 heavy (non-hydrogen) atoms. The molecular weight excluding hydrogens is 318 g/mol. The molecule has 1 aromatic carbocycles. The van der Waals surface area contributed by atoms with Gasteiger partial charge in [-0.1, -0.05) is 36.7 Å². The molecule has 0 N–H and O–H groups in total. The van der Waals surface area contributed by atoms with Gasteiger partial charge in [0.1, 0.15) is 6.61 Å². The maximum Gasteiger partial charge on any atom is 0.271 e. The van der Waals surface area contributed by atoms with E-state index in [0.29, 0.717) is 18.5 Å². The van der Waals surface area contributed by atoms with Crippen LogP contribution in [0.3, 0.4) is 0 Å². The Morgan fingerprint density at radius 1 is 1.32 bits per heavy atom. The van der Waals surface area contributed by atoms with Gasteiger partial charge in [-0.2, -0.15) is 4.37 Å². The highest BCUT2D eigenvalue weighted by Gasteiger charge is 2.26. The Balaban J connectivity index is 1.73. The molecule has 0 amide bonds. The molecule has 0 saturated carbocycles. The van der Waals surface area contributed by atoms with E-state index in [2.05, 4.69) is 20.6 Å². The van der Waals surface area contributed by atoms with Crippen molar-refractivity contribution in [1.29, 1.82) is 0 Å². The third kappa shape index (κ3) is 3.36. The molecule has 1 unspecified atom stereocenters. The predicted octanol–water partition coefficient (Wildman–Crippen LogP) is 4.54. The Morgan fingerprint density at radius 2 is 2.18 bits per heavy atom. The van der Waals surface area contributed by atoms with E-state index in [1.165, 1.54) is 31.0 Å². The lowest BCUT2D eigenvalue weighted by Crippen LogP contribution is -2.39. The summed E-state index contributed by atoms with van der Waals surface area (Å²) < 4.78 is 14.7. The maximum absolute atomic E-state index is 6.17. The van der Waals surface area contributed by atoms with Crippen molar-refractivity contribution in [2.75, 3.05) is 11.4 Å². The van der Waals surface area contributed by atoms with Crippen LogP contribution in [0.2, 0.25) is 5.02 Å². The average molecular weight is 338 g/mol. The number of rotatable bonds is 5. The maximum atomic E-state index is 6.17. The zero-order valence-electron chi connectivity index (χ0n) is 12.7. The summed E-state index contributed by atoms with van der Waals surface area (Å²) in [5.74, 6) is 1.52. The molecule has 0 bridgehead atoms. The molecule has 1 aromatic heterocycles. The molecule has 0 spiro atoms. The molecule has 1 saturated heterocycles. The molecule has 1 aliphatic heterocycles. The van der Waals surface area contributed by atoms with Crippen molar-refractivity contribution in [2.24, 2.45) is 0 Å². The van der Waals surface area contributed by atoms with Gasteiger partial charge in [0.2, 0.25) is 5.82 Å². The van der Waals surface area contributed by atoms with E-state index in [4.69, 9.17) is 16.3 Å². The van der Waals surface area contributed by atoms with Crippen molar-refractivity contribution in [3.63, 3.8) is 0 Å². The Bertz CT molecular complexity index is 619. The first-order valence-electron chi connectivity index (χ1n) is 7.75. The third-order valence-corrected chi connectivity index (χ3v) is 5.01. The first-order chi connectivity index (χ1) is 10.8. The summed E-state index contributed by atoms with van der Waals surface area (Å²) in [6.45, 7) is 3.68. The van der Waals surface area contributed by atoms with Crippen molar-refractivity contribution in [2.45, 2.75) is 45.3 Å². The standard InChI is InChI=1S/C16H20ClN3OS/c1-2-13-8-5-6-10-20(13)15-16(19-22-18-15)21-11-12-7-3-4-9-14(12)17/h3-4,7,9,13H,2,5-6,8,10-11H2,1H3. The highest BCUT2D eigenvalue weighted by Crippen LogP contribution is 2.33. The number of benzene rings is 1. The number of halogens is 1. The Morgan fingerprint density at radius 3 is 3.00 bits per heavy atom. The minimum Gasteiger partial charge on any atom is -0.469 e. The zero-order valence-corrected chi connectivity index (χ0v) is 14.2. The first kappa shape index (κ1) is 15.6. The summed E-state index contributed by atoms with van der Waals surface area (Å²) in [6.07, 6.45) is 4.85. The number of hydrogen-bond donors (Lipinski definition) is 0. The van der Waals surface area contributed by atoms with E-state index < -0.39 is 0 Å². The van der Waals surface area contributed by atoms with Crippen LogP contribution in [0.15, 0.2) is 24.3 Å². The number of nitrogens with zero attached hydrogens (tertiary/aromatic N) is 3. The largest absolute Gasteiger partial charge is 0.469 e. The number of anilines is 1. The second kappa shape index (κ2) is 7.29. The van der Waals surface area contributed by atoms with Gasteiger partial charge in [-0.3, -0.25) is 0 Å². The highest BCUT2D eigenvalue weighted by atomic mass is 35.5. The van der Waals surface area contributed by atoms with Gasteiger partial charge in [-0.05, 0) is 31.7 Å². The summed E-state index contributed by atoms with van der Waals surface area (Å²) in [5, 5.41) is 0.719. The van der Waals surface area contributed by atoms with Crippen LogP contribution in [0.25, 0.3) is 0 Å². The average Bonchev–Trinajstić information content (AvgIpc) is 3.02. The van der Waals surface area contributed by atoms with E-state index in [9.17, 15) is 0 Å². The zero-order chi connectivity index (χ0) is 15.4. The molecule has 4 nitrogen and oxygen atoms in total. The van der Waals surface area contributed by atoms with Crippen LogP contribution in [0.4, 0.5) is 5.82 Å². The van der Waals surface area contributed by atoms with Crippen LogP contribution < -0.4 is 9.64 Å². The van der Waals surface area contributed by atoms with Gasteiger partial charge in [-0.15, -0.1) is 4.37 Å². The van der Waals surface area contributed by atoms with Crippen molar-refractivity contribution >= 4 is 29.1 Å². The van der Waals surface area contributed by atoms with Crippen molar-refractivity contribution < 1.29 is 4.74 Å². The SMILES string of the molecule is CCC1CCCCN1c1nsnc1OCc1ccccc1Cl. The molecule has 0 aliphatic carbocycles. The summed E-state index contributed by atoms with van der Waals surface area (Å²) in [7, 11) is 0. The van der Waals surface area contributed by atoms with Crippen molar-refractivity contribution in [3.05, 3.63) is 34.9 Å². The summed E-state index contributed by atoms with van der Waals surface area (Å²) in [4.78, 5) is 2.36. The Kier molecular flexibility index (Phi) is 5.16. The minimum absolute atomic E-state index is 0.419. The molecule has 1 fully saturated rings. The van der Waals surface area contributed by atoms with Crippen LogP contribution in [0.5, 0.6) is 5.88 Å². The second-order valence-electron chi connectivity index (χ2n) is 5.52. The lowest BCUT2D eigenvalue weighted by molar-refractivity contribution is 0.295. The van der Waals surface area contributed by atoms with Gasteiger partial charge >= 0.3 is 0 Å². The smallest absolute Gasteiger partial charge is 0.271 e. The van der Waals surface area contributed by atoms with Crippen LogP contribution in [-0.2, 0) is 6.61 Å². The van der Waals surface area contributed by atoms with E-state index in [0.717, 1.165) is 29.4 Å². The predicted molar refractivity (Wildman–Crippen MR) is 91.0 cm³/mol. The monoisotopic (exact) mass is 337 g/mol. The van der Waals surface area contributed by atoms with E-state index in [1.54, 1.807) is 0 Å². The quantitative estimate of drug-likeness (QED) is 0.802. The fraction of sp³-hybridized carbons (Fsp3) is 0.500. The normalized spacial score (nSPS) is 18.5. The first-order valence-corrected chi connectivity index (χ1v) is 8.85. The highest BCUT2D eigenvalue weighted by molar-refractivity contribution is 6.99. The van der Waals surface area contributed by atoms with Gasteiger partial charge in [0, 0.05) is 23.2 Å². The van der Waals surface area contributed by atoms with E-state index in [-0.39, 0.29) is 0 Å². The van der Waals surface area contributed by atoms with Crippen LogP contribution >= 0.6 is 23.3 Å². The van der Waals surface area contributed by atoms with Gasteiger partial charge in [0.15, 0.2) is 0 Å². The third-order valence-electron chi connectivity index (χ3n) is 4.13. The van der Waals surface area contributed by atoms with E-state index >= 15 is 0 Å². The fourth-order valence-corrected chi connectivity index (χ4v) is 3.61. The van der Waals surface area contributed by atoms with Crippen LogP contribution in [0.1, 0.15) is 38.2 Å². The number of aromatic nitrogens is 2. The minimum atomic E-state index is 0.419. The summed E-state index contributed by atoms with van der Waals surface area (Å²) in [6, 6.07) is 8.26. The molecule has 118 valence electrons. The lowest BCUT2D eigenvalue weighted by atomic mass is 10.0. The van der Waals surface area contributed by atoms with Gasteiger partial charge in [0.05, 0.1) is 11.7 Å². The van der Waals surface area contributed by atoms with Gasteiger partial charge < -0.3 is 9.64 Å². The molecular formula is C16H20ClN3OS. The Hall–Kier alpha value is -1.33. The molecule has 1 atom stereocenters. The number of piperidine rings is 1. The summed E-state index contributed by atoms with van der Waals surface area (Å²) >= 11 is 7.39. The number of hydrogen-bond acceptors (Lipinski definition) is 5. The molecule has 1 aliphatic rings. The second-order valence-corrected chi connectivity index (χ2v) is 6.46. The van der Waals surface area contributed by atoms with Crippen molar-refractivity contribution in [1.82, 2.24) is 8.75 Å². The fourth-order valence-electron chi connectivity index (χ4n) is 2.91. The molecule has 2 aromatic rings. The molecule has 2 heterocycles. The van der Waals surface area contributed by atoms with Gasteiger partial charge in [0.25, 0.3) is 5.88 Å². The van der Waals surface area contributed by atoms with Crippen LogP contribution in [-0.4, -0.2) is 21.3 Å². The van der Waals surface area contributed by atoms with Gasteiger partial charge in [-0.25, -0.2) is 0 Å².